The van der Waals surface area contributed by atoms with Crippen LogP contribution in [-0.4, -0.2) is 60.4 Å². The van der Waals surface area contributed by atoms with Crippen LogP contribution in [0.5, 0.6) is 0 Å². The molecular weight excluding hydrogens is 334 g/mol. The monoisotopic (exact) mass is 363 g/mol. The van der Waals surface area contributed by atoms with E-state index in [4.69, 9.17) is 0 Å². The summed E-state index contributed by atoms with van der Waals surface area (Å²) in [6, 6.07) is 4.24. The van der Waals surface area contributed by atoms with Crippen molar-refractivity contribution >= 4 is 23.2 Å². The Kier molecular flexibility index (Phi) is 6.12. The molecule has 1 aliphatic carbocycles. The Morgan fingerprint density at radius 1 is 1.16 bits per heavy atom. The standard InChI is InChI=1S/C19H29N3O2S/c1-14-5-3-4-6-16(14)20-18(23)13-21-9-11-22(12-10-21)19(24)17-8-7-15(2)25-17/h7-8,14,16H,3-6,9-13H2,1-2H3,(H,20,23)/t14-,16-/m0/s1. The van der Waals surface area contributed by atoms with Gasteiger partial charge in [-0.2, -0.15) is 0 Å². The number of aryl methyl sites for hydroxylation is 1. The fraction of sp³-hybridized carbons (Fsp3) is 0.684. The lowest BCUT2D eigenvalue weighted by Crippen LogP contribution is -2.52. The molecule has 0 unspecified atom stereocenters. The first-order chi connectivity index (χ1) is 12.0. The normalized spacial score (nSPS) is 25.0. The van der Waals surface area contributed by atoms with Crippen molar-refractivity contribution in [3.63, 3.8) is 0 Å². The number of carbonyl (C=O) groups is 2. The fourth-order valence-electron chi connectivity index (χ4n) is 3.80. The predicted molar refractivity (Wildman–Crippen MR) is 101 cm³/mol. The molecule has 1 saturated carbocycles. The Morgan fingerprint density at radius 2 is 1.88 bits per heavy atom. The molecule has 1 aliphatic heterocycles. The topological polar surface area (TPSA) is 52.7 Å². The van der Waals surface area contributed by atoms with Crippen molar-refractivity contribution in [2.24, 2.45) is 5.92 Å². The minimum Gasteiger partial charge on any atom is -0.352 e. The highest BCUT2D eigenvalue weighted by Crippen LogP contribution is 2.23. The van der Waals surface area contributed by atoms with Crippen molar-refractivity contribution in [1.82, 2.24) is 15.1 Å². The Morgan fingerprint density at radius 3 is 2.52 bits per heavy atom. The molecule has 0 aromatic carbocycles. The van der Waals surface area contributed by atoms with Crippen molar-refractivity contribution in [3.05, 3.63) is 21.9 Å². The maximum absolute atomic E-state index is 12.5. The van der Waals surface area contributed by atoms with Gasteiger partial charge in [0.25, 0.3) is 5.91 Å². The number of hydrogen-bond donors (Lipinski definition) is 1. The Hall–Kier alpha value is -1.40. The molecule has 3 rings (SSSR count). The summed E-state index contributed by atoms with van der Waals surface area (Å²) in [5.41, 5.74) is 0. The molecular formula is C19H29N3O2S. The zero-order valence-electron chi connectivity index (χ0n) is 15.3. The van der Waals surface area contributed by atoms with Gasteiger partial charge in [-0.05, 0) is 37.8 Å². The number of thiophene rings is 1. The van der Waals surface area contributed by atoms with Crippen LogP contribution in [0.3, 0.4) is 0 Å². The first-order valence-corrected chi connectivity index (χ1v) is 10.2. The molecule has 2 amide bonds. The van der Waals surface area contributed by atoms with Gasteiger partial charge in [0, 0.05) is 37.1 Å². The highest BCUT2D eigenvalue weighted by atomic mass is 32.1. The minimum atomic E-state index is 0.123. The van der Waals surface area contributed by atoms with E-state index in [2.05, 4.69) is 17.1 Å². The minimum absolute atomic E-state index is 0.123. The van der Waals surface area contributed by atoms with E-state index >= 15 is 0 Å². The summed E-state index contributed by atoms with van der Waals surface area (Å²) in [7, 11) is 0. The van der Waals surface area contributed by atoms with Gasteiger partial charge in [0.1, 0.15) is 0 Å². The molecule has 5 nitrogen and oxygen atoms in total. The van der Waals surface area contributed by atoms with Crippen LogP contribution in [0.2, 0.25) is 0 Å². The molecule has 2 aliphatic rings. The van der Waals surface area contributed by atoms with Crippen LogP contribution in [0.4, 0.5) is 0 Å². The molecule has 1 aromatic rings. The quantitative estimate of drug-likeness (QED) is 0.894. The molecule has 1 N–H and O–H groups in total. The van der Waals surface area contributed by atoms with Crippen LogP contribution in [0.1, 0.15) is 47.2 Å². The van der Waals surface area contributed by atoms with E-state index < -0.39 is 0 Å². The van der Waals surface area contributed by atoms with Gasteiger partial charge in [0.05, 0.1) is 11.4 Å². The van der Waals surface area contributed by atoms with Crippen molar-refractivity contribution in [2.45, 2.75) is 45.6 Å². The third-order valence-electron chi connectivity index (χ3n) is 5.44. The van der Waals surface area contributed by atoms with Gasteiger partial charge in [-0.1, -0.05) is 19.8 Å². The van der Waals surface area contributed by atoms with Gasteiger partial charge in [-0.15, -0.1) is 11.3 Å². The van der Waals surface area contributed by atoms with Crippen LogP contribution in [-0.2, 0) is 4.79 Å². The lowest BCUT2D eigenvalue weighted by molar-refractivity contribution is -0.123. The number of amides is 2. The average Bonchev–Trinajstić information content (AvgIpc) is 3.03. The van der Waals surface area contributed by atoms with Gasteiger partial charge in [0.15, 0.2) is 0 Å². The van der Waals surface area contributed by atoms with Crippen molar-refractivity contribution in [1.29, 1.82) is 0 Å². The first-order valence-electron chi connectivity index (χ1n) is 9.40. The van der Waals surface area contributed by atoms with E-state index in [1.807, 2.05) is 24.0 Å². The molecule has 0 bridgehead atoms. The molecule has 138 valence electrons. The van der Waals surface area contributed by atoms with Gasteiger partial charge in [-0.3, -0.25) is 14.5 Å². The molecule has 0 spiro atoms. The maximum Gasteiger partial charge on any atom is 0.264 e. The number of nitrogens with zero attached hydrogens (tertiary/aromatic N) is 2. The smallest absolute Gasteiger partial charge is 0.264 e. The summed E-state index contributed by atoms with van der Waals surface area (Å²) < 4.78 is 0. The van der Waals surface area contributed by atoms with E-state index in [1.165, 1.54) is 19.3 Å². The predicted octanol–water partition coefficient (Wildman–Crippen LogP) is 2.51. The number of nitrogens with one attached hydrogen (secondary N) is 1. The zero-order valence-corrected chi connectivity index (χ0v) is 16.1. The van der Waals surface area contributed by atoms with Crippen LogP contribution in [0, 0.1) is 12.8 Å². The molecule has 2 atom stereocenters. The summed E-state index contributed by atoms with van der Waals surface area (Å²) in [4.78, 5) is 30.9. The Labute approximate surface area is 154 Å². The lowest BCUT2D eigenvalue weighted by Gasteiger charge is -2.35. The van der Waals surface area contributed by atoms with Gasteiger partial charge in [0.2, 0.25) is 5.91 Å². The Bertz CT molecular complexity index is 608. The molecule has 2 heterocycles. The second kappa shape index (κ2) is 8.32. The largest absolute Gasteiger partial charge is 0.352 e. The summed E-state index contributed by atoms with van der Waals surface area (Å²) in [6.07, 6.45) is 4.83. The van der Waals surface area contributed by atoms with Gasteiger partial charge < -0.3 is 10.2 Å². The van der Waals surface area contributed by atoms with Crippen LogP contribution in [0.25, 0.3) is 0 Å². The highest BCUT2D eigenvalue weighted by Gasteiger charge is 2.26. The number of carbonyl (C=O) groups excluding carboxylic acids is 2. The average molecular weight is 364 g/mol. The summed E-state index contributed by atoms with van der Waals surface area (Å²) in [5.74, 6) is 0.840. The highest BCUT2D eigenvalue weighted by molar-refractivity contribution is 7.13. The van der Waals surface area contributed by atoms with E-state index in [1.54, 1.807) is 11.3 Å². The zero-order chi connectivity index (χ0) is 17.8. The summed E-state index contributed by atoms with van der Waals surface area (Å²) in [5, 5.41) is 3.22. The van der Waals surface area contributed by atoms with Gasteiger partial charge >= 0.3 is 0 Å². The van der Waals surface area contributed by atoms with E-state index in [0.717, 1.165) is 29.3 Å². The summed E-state index contributed by atoms with van der Waals surface area (Å²) in [6.45, 7) is 7.63. The van der Waals surface area contributed by atoms with Crippen molar-refractivity contribution < 1.29 is 9.59 Å². The molecule has 6 heteroatoms. The first kappa shape index (κ1) is 18.4. The van der Waals surface area contributed by atoms with Crippen LogP contribution >= 0.6 is 11.3 Å². The SMILES string of the molecule is Cc1ccc(C(=O)N2CCN(CC(=O)N[C@H]3CCCC[C@@H]3C)CC2)s1. The van der Waals surface area contributed by atoms with E-state index in [-0.39, 0.29) is 11.8 Å². The second-order valence-corrected chi connectivity index (χ2v) is 8.70. The Balaban J connectivity index is 1.43. The van der Waals surface area contributed by atoms with Crippen LogP contribution in [0.15, 0.2) is 12.1 Å². The number of hydrogen-bond acceptors (Lipinski definition) is 4. The lowest BCUT2D eigenvalue weighted by atomic mass is 9.86. The third kappa shape index (κ3) is 4.82. The van der Waals surface area contributed by atoms with Crippen LogP contribution < -0.4 is 5.32 Å². The van der Waals surface area contributed by atoms with Crippen molar-refractivity contribution in [2.75, 3.05) is 32.7 Å². The van der Waals surface area contributed by atoms with E-state index in [9.17, 15) is 9.59 Å². The molecule has 1 aromatic heterocycles. The number of piperazine rings is 1. The second-order valence-electron chi connectivity index (χ2n) is 7.41. The third-order valence-corrected chi connectivity index (χ3v) is 6.42. The summed E-state index contributed by atoms with van der Waals surface area (Å²) >= 11 is 1.55. The maximum atomic E-state index is 12.5. The van der Waals surface area contributed by atoms with E-state index in [0.29, 0.717) is 31.6 Å². The molecule has 2 fully saturated rings. The molecule has 0 radical (unpaired) electrons. The molecule has 1 saturated heterocycles. The van der Waals surface area contributed by atoms with Gasteiger partial charge in [-0.25, -0.2) is 0 Å². The fourth-order valence-corrected chi connectivity index (χ4v) is 4.64. The van der Waals surface area contributed by atoms with Crippen molar-refractivity contribution in [3.8, 4) is 0 Å². The molecule has 25 heavy (non-hydrogen) atoms. The number of rotatable bonds is 4.